The van der Waals surface area contributed by atoms with E-state index in [1.807, 2.05) is 11.3 Å². The molecular formula is C14H21BrOS. The Balaban J connectivity index is 2.14. The molecule has 17 heavy (non-hydrogen) atoms. The zero-order valence-electron chi connectivity index (χ0n) is 11.0. The van der Waals surface area contributed by atoms with E-state index in [0.29, 0.717) is 16.8 Å². The lowest BCUT2D eigenvalue weighted by Crippen LogP contribution is -2.15. The molecule has 3 unspecified atom stereocenters. The van der Waals surface area contributed by atoms with Gasteiger partial charge in [0.2, 0.25) is 0 Å². The Labute approximate surface area is 117 Å². The standard InChI is InChI=1S/C14H21BrOS/c1-9-10(7-8-16-9)13(15)11-5-6-12(17-11)14(2,3)4/h5-6,9-10,13H,7-8H2,1-4H3. The summed E-state index contributed by atoms with van der Waals surface area (Å²) in [5, 5.41) is 0. The van der Waals surface area contributed by atoms with E-state index in [9.17, 15) is 0 Å². The third kappa shape index (κ3) is 2.94. The molecule has 1 aliphatic rings. The van der Waals surface area contributed by atoms with Gasteiger partial charge in [-0.25, -0.2) is 0 Å². The van der Waals surface area contributed by atoms with E-state index in [2.05, 4.69) is 55.8 Å². The molecule has 1 aromatic heterocycles. The van der Waals surface area contributed by atoms with E-state index in [0.717, 1.165) is 6.61 Å². The normalized spacial score (nSPS) is 27.4. The topological polar surface area (TPSA) is 9.23 Å². The second-order valence-electron chi connectivity index (χ2n) is 5.88. The molecule has 1 saturated heterocycles. The molecule has 3 atom stereocenters. The number of alkyl halides is 1. The Hall–Kier alpha value is 0.140. The smallest absolute Gasteiger partial charge is 0.0590 e. The first-order valence-electron chi connectivity index (χ1n) is 6.25. The van der Waals surface area contributed by atoms with Crippen molar-refractivity contribution in [3.63, 3.8) is 0 Å². The first-order valence-corrected chi connectivity index (χ1v) is 7.98. The van der Waals surface area contributed by atoms with Crippen molar-refractivity contribution in [2.24, 2.45) is 5.92 Å². The highest BCUT2D eigenvalue weighted by Crippen LogP contribution is 2.43. The number of thiophene rings is 1. The van der Waals surface area contributed by atoms with E-state index in [1.165, 1.54) is 16.2 Å². The van der Waals surface area contributed by atoms with Crippen molar-refractivity contribution < 1.29 is 4.74 Å². The van der Waals surface area contributed by atoms with Gasteiger partial charge in [0.1, 0.15) is 0 Å². The summed E-state index contributed by atoms with van der Waals surface area (Å²) >= 11 is 5.80. The average Bonchev–Trinajstić information content (AvgIpc) is 2.83. The van der Waals surface area contributed by atoms with Gasteiger partial charge in [-0.3, -0.25) is 0 Å². The largest absolute Gasteiger partial charge is 0.378 e. The van der Waals surface area contributed by atoms with Crippen LogP contribution in [0.2, 0.25) is 0 Å². The molecule has 3 heteroatoms. The van der Waals surface area contributed by atoms with Crippen LogP contribution in [0.3, 0.4) is 0 Å². The van der Waals surface area contributed by atoms with Gasteiger partial charge in [0.25, 0.3) is 0 Å². The number of halogens is 1. The minimum absolute atomic E-state index is 0.257. The minimum Gasteiger partial charge on any atom is -0.378 e. The average molecular weight is 317 g/mol. The van der Waals surface area contributed by atoms with Crippen molar-refractivity contribution in [3.8, 4) is 0 Å². The highest BCUT2D eigenvalue weighted by Gasteiger charge is 2.32. The molecule has 0 bridgehead atoms. The van der Waals surface area contributed by atoms with E-state index < -0.39 is 0 Å². The second kappa shape index (κ2) is 5.02. The fourth-order valence-electron chi connectivity index (χ4n) is 2.25. The number of hydrogen-bond acceptors (Lipinski definition) is 2. The Bertz CT molecular complexity index is 380. The Morgan fingerprint density at radius 1 is 1.41 bits per heavy atom. The molecule has 0 N–H and O–H groups in total. The summed E-state index contributed by atoms with van der Waals surface area (Å²) in [4.78, 5) is 3.35. The zero-order chi connectivity index (χ0) is 12.6. The predicted molar refractivity (Wildman–Crippen MR) is 78.2 cm³/mol. The van der Waals surface area contributed by atoms with Crippen LogP contribution < -0.4 is 0 Å². The molecule has 0 amide bonds. The van der Waals surface area contributed by atoms with Gasteiger partial charge in [-0.1, -0.05) is 36.7 Å². The predicted octanol–water partition coefficient (Wildman–Crippen LogP) is 4.91. The summed E-state index contributed by atoms with van der Waals surface area (Å²) in [6.45, 7) is 9.91. The lowest BCUT2D eigenvalue weighted by molar-refractivity contribution is 0.106. The Kier molecular flexibility index (Phi) is 4.01. The number of rotatable bonds is 2. The number of ether oxygens (including phenoxy) is 1. The van der Waals surface area contributed by atoms with Crippen molar-refractivity contribution in [1.29, 1.82) is 0 Å². The molecule has 2 rings (SSSR count). The van der Waals surface area contributed by atoms with Crippen LogP contribution in [0.25, 0.3) is 0 Å². The van der Waals surface area contributed by atoms with Crippen molar-refractivity contribution in [3.05, 3.63) is 21.9 Å². The van der Waals surface area contributed by atoms with Gasteiger partial charge < -0.3 is 4.74 Å². The minimum atomic E-state index is 0.257. The van der Waals surface area contributed by atoms with Gasteiger partial charge in [0.05, 0.1) is 10.9 Å². The summed E-state index contributed by atoms with van der Waals surface area (Å²) in [7, 11) is 0. The lowest BCUT2D eigenvalue weighted by Gasteiger charge is -2.20. The SMILES string of the molecule is CC1OCCC1C(Br)c1ccc(C(C)(C)C)s1. The van der Waals surface area contributed by atoms with Crippen LogP contribution in [0.5, 0.6) is 0 Å². The van der Waals surface area contributed by atoms with E-state index in [-0.39, 0.29) is 5.41 Å². The quantitative estimate of drug-likeness (QED) is 0.705. The molecule has 1 aromatic rings. The summed E-state index contributed by atoms with van der Waals surface area (Å²) in [5.74, 6) is 0.612. The van der Waals surface area contributed by atoms with Crippen LogP contribution in [0, 0.1) is 5.92 Å². The third-order valence-electron chi connectivity index (χ3n) is 3.45. The van der Waals surface area contributed by atoms with Gasteiger partial charge >= 0.3 is 0 Å². The van der Waals surface area contributed by atoms with Crippen molar-refractivity contribution in [2.45, 2.75) is 50.5 Å². The van der Waals surface area contributed by atoms with Crippen molar-refractivity contribution in [1.82, 2.24) is 0 Å². The first-order chi connectivity index (χ1) is 7.89. The Morgan fingerprint density at radius 2 is 2.12 bits per heavy atom. The van der Waals surface area contributed by atoms with Crippen molar-refractivity contribution >= 4 is 27.3 Å². The van der Waals surface area contributed by atoms with E-state index >= 15 is 0 Å². The molecule has 0 spiro atoms. The van der Waals surface area contributed by atoms with Gasteiger partial charge in [-0.15, -0.1) is 11.3 Å². The lowest BCUT2D eigenvalue weighted by atomic mass is 9.94. The molecule has 1 fully saturated rings. The summed E-state index contributed by atoms with van der Waals surface area (Å²) < 4.78 is 5.66. The fraction of sp³-hybridized carbons (Fsp3) is 0.714. The van der Waals surface area contributed by atoms with Crippen LogP contribution in [-0.2, 0) is 10.2 Å². The van der Waals surface area contributed by atoms with Gasteiger partial charge in [-0.05, 0) is 30.9 Å². The molecule has 0 aliphatic carbocycles. The molecular weight excluding hydrogens is 296 g/mol. The van der Waals surface area contributed by atoms with E-state index in [1.54, 1.807) is 0 Å². The molecule has 1 aliphatic heterocycles. The van der Waals surface area contributed by atoms with Crippen LogP contribution in [0.15, 0.2) is 12.1 Å². The summed E-state index contributed by atoms with van der Waals surface area (Å²) in [6, 6.07) is 4.55. The highest BCUT2D eigenvalue weighted by atomic mass is 79.9. The Morgan fingerprint density at radius 3 is 2.59 bits per heavy atom. The summed E-state index contributed by atoms with van der Waals surface area (Å²) in [5.41, 5.74) is 0.257. The molecule has 2 heterocycles. The van der Waals surface area contributed by atoms with Gasteiger partial charge in [0.15, 0.2) is 0 Å². The maximum atomic E-state index is 5.66. The van der Waals surface area contributed by atoms with Gasteiger partial charge in [0, 0.05) is 22.3 Å². The third-order valence-corrected chi connectivity index (χ3v) is 6.52. The number of hydrogen-bond donors (Lipinski definition) is 0. The maximum Gasteiger partial charge on any atom is 0.0590 e. The molecule has 0 radical (unpaired) electrons. The van der Waals surface area contributed by atoms with Crippen LogP contribution in [-0.4, -0.2) is 12.7 Å². The summed E-state index contributed by atoms with van der Waals surface area (Å²) in [6.07, 6.45) is 1.54. The highest BCUT2D eigenvalue weighted by molar-refractivity contribution is 9.09. The van der Waals surface area contributed by atoms with Gasteiger partial charge in [-0.2, -0.15) is 0 Å². The van der Waals surface area contributed by atoms with Crippen molar-refractivity contribution in [2.75, 3.05) is 6.61 Å². The van der Waals surface area contributed by atoms with Crippen LogP contribution in [0.4, 0.5) is 0 Å². The zero-order valence-corrected chi connectivity index (χ0v) is 13.4. The maximum absolute atomic E-state index is 5.66. The first kappa shape index (κ1) is 13.6. The second-order valence-corrected chi connectivity index (χ2v) is 7.98. The molecule has 96 valence electrons. The molecule has 0 saturated carbocycles. The fourth-order valence-corrected chi connectivity index (χ4v) is 4.49. The monoisotopic (exact) mass is 316 g/mol. The van der Waals surface area contributed by atoms with Crippen LogP contribution in [0.1, 0.15) is 48.7 Å². The van der Waals surface area contributed by atoms with Crippen LogP contribution >= 0.6 is 27.3 Å². The molecule has 1 nitrogen and oxygen atoms in total. The van der Waals surface area contributed by atoms with E-state index in [4.69, 9.17) is 4.74 Å². The molecule has 0 aromatic carbocycles.